The van der Waals surface area contributed by atoms with Crippen LogP contribution in [0.15, 0.2) is 16.5 Å². The first-order valence-electron chi connectivity index (χ1n) is 4.89. The van der Waals surface area contributed by atoms with Gasteiger partial charge in [0.1, 0.15) is 0 Å². The summed E-state index contributed by atoms with van der Waals surface area (Å²) in [5, 5.41) is 9.29. The molecule has 0 aliphatic carbocycles. The number of aliphatic hydroxyl groups excluding tert-OH is 1. The molecule has 15 heavy (non-hydrogen) atoms. The fourth-order valence-corrected chi connectivity index (χ4v) is 2.01. The van der Waals surface area contributed by atoms with Crippen molar-refractivity contribution in [3.05, 3.63) is 23.1 Å². The molecule has 1 atom stereocenters. The van der Waals surface area contributed by atoms with Crippen LogP contribution in [0.4, 0.5) is 0 Å². The van der Waals surface area contributed by atoms with Crippen molar-refractivity contribution in [3.63, 3.8) is 0 Å². The summed E-state index contributed by atoms with van der Waals surface area (Å²) in [6.45, 7) is 0.669. The molecule has 1 aromatic heterocycles. The summed E-state index contributed by atoms with van der Waals surface area (Å²) in [5.41, 5.74) is 0. The summed E-state index contributed by atoms with van der Waals surface area (Å²) in [6, 6.07) is 3.01. The van der Waals surface area contributed by atoms with Crippen LogP contribution in [0.5, 0.6) is 0 Å². The summed E-state index contributed by atoms with van der Waals surface area (Å²) in [6.07, 6.45) is 1.77. The fraction of sp³-hybridized carbons (Fsp3) is 0.500. The van der Waals surface area contributed by atoms with Crippen LogP contribution in [0, 0.1) is 0 Å². The first kappa shape index (κ1) is 10.5. The minimum absolute atomic E-state index is 0.000179. The van der Waals surface area contributed by atoms with Gasteiger partial charge in [-0.1, -0.05) is 0 Å². The number of furan rings is 1. The Bertz CT molecular complexity index is 363. The minimum atomic E-state index is -0.196. The molecule has 0 spiro atoms. The van der Waals surface area contributed by atoms with Crippen molar-refractivity contribution in [3.8, 4) is 0 Å². The summed E-state index contributed by atoms with van der Waals surface area (Å²) in [5.74, 6) is 0.0406. The van der Waals surface area contributed by atoms with Crippen molar-refractivity contribution in [2.24, 2.45) is 0 Å². The number of likely N-dealkylation sites (tertiary alicyclic amines) is 1. The molecule has 1 aromatic rings. The van der Waals surface area contributed by atoms with Gasteiger partial charge in [-0.2, -0.15) is 0 Å². The Morgan fingerprint density at radius 2 is 2.47 bits per heavy atom. The summed E-state index contributed by atoms with van der Waals surface area (Å²) in [4.78, 5) is 13.5. The number of halogens is 1. The lowest BCUT2D eigenvalue weighted by molar-refractivity contribution is 0.0646. The van der Waals surface area contributed by atoms with Crippen LogP contribution >= 0.6 is 11.6 Å². The third kappa shape index (κ3) is 2.01. The number of hydrogen-bond donors (Lipinski definition) is 1. The van der Waals surface area contributed by atoms with E-state index < -0.39 is 0 Å². The normalized spacial score (nSPS) is 20.9. The highest BCUT2D eigenvalue weighted by Gasteiger charge is 2.30. The molecule has 1 N–H and O–H groups in total. The van der Waals surface area contributed by atoms with Gasteiger partial charge in [-0.25, -0.2) is 0 Å². The van der Waals surface area contributed by atoms with Crippen molar-refractivity contribution < 1.29 is 14.3 Å². The Labute approximate surface area is 92.4 Å². The molecule has 1 aliphatic heterocycles. The third-order valence-corrected chi connectivity index (χ3v) is 2.84. The Hall–Kier alpha value is -1.00. The first-order chi connectivity index (χ1) is 7.22. The SMILES string of the molecule is O=C(c1ccc(Cl)o1)N1CCCC1CO. The van der Waals surface area contributed by atoms with E-state index in [1.54, 1.807) is 17.0 Å². The van der Waals surface area contributed by atoms with Crippen molar-refractivity contribution in [2.75, 3.05) is 13.2 Å². The highest BCUT2D eigenvalue weighted by Crippen LogP contribution is 2.21. The molecular formula is C10H12ClNO3. The van der Waals surface area contributed by atoms with E-state index in [1.165, 1.54) is 0 Å². The second-order valence-corrected chi connectivity index (χ2v) is 3.95. The molecule has 1 fully saturated rings. The second-order valence-electron chi connectivity index (χ2n) is 3.58. The summed E-state index contributed by atoms with van der Waals surface area (Å²) in [7, 11) is 0. The lowest BCUT2D eigenvalue weighted by Crippen LogP contribution is -2.37. The van der Waals surface area contributed by atoms with Gasteiger partial charge < -0.3 is 14.4 Å². The molecule has 1 unspecified atom stereocenters. The van der Waals surface area contributed by atoms with E-state index in [1.807, 2.05) is 0 Å². The molecule has 0 aromatic carbocycles. The van der Waals surface area contributed by atoms with E-state index in [2.05, 4.69) is 0 Å². The second kappa shape index (κ2) is 4.24. The molecule has 2 heterocycles. The molecule has 1 saturated heterocycles. The lowest BCUT2D eigenvalue weighted by Gasteiger charge is -2.21. The average molecular weight is 230 g/mol. The van der Waals surface area contributed by atoms with Crippen LogP contribution in [0.2, 0.25) is 5.22 Å². The number of amides is 1. The maximum atomic E-state index is 11.9. The molecule has 82 valence electrons. The zero-order chi connectivity index (χ0) is 10.8. The minimum Gasteiger partial charge on any atom is -0.440 e. The molecular weight excluding hydrogens is 218 g/mol. The van der Waals surface area contributed by atoms with E-state index in [0.717, 1.165) is 12.8 Å². The van der Waals surface area contributed by atoms with Crippen molar-refractivity contribution in [2.45, 2.75) is 18.9 Å². The van der Waals surface area contributed by atoms with Crippen LogP contribution in [0.3, 0.4) is 0 Å². The van der Waals surface area contributed by atoms with Gasteiger partial charge in [-0.3, -0.25) is 4.79 Å². The van der Waals surface area contributed by atoms with Gasteiger partial charge in [0.25, 0.3) is 5.91 Å². The van der Waals surface area contributed by atoms with Crippen LogP contribution in [0.1, 0.15) is 23.4 Å². The van der Waals surface area contributed by atoms with Crippen LogP contribution in [-0.2, 0) is 0 Å². The third-order valence-electron chi connectivity index (χ3n) is 2.63. The topological polar surface area (TPSA) is 53.7 Å². The van der Waals surface area contributed by atoms with Crippen molar-refractivity contribution in [1.82, 2.24) is 4.90 Å². The number of nitrogens with zero attached hydrogens (tertiary/aromatic N) is 1. The quantitative estimate of drug-likeness (QED) is 0.837. The Morgan fingerprint density at radius 3 is 3.07 bits per heavy atom. The molecule has 1 aliphatic rings. The number of aliphatic hydroxyl groups is 1. The molecule has 4 nitrogen and oxygen atoms in total. The lowest BCUT2D eigenvalue weighted by atomic mass is 10.2. The molecule has 5 heteroatoms. The van der Waals surface area contributed by atoms with Gasteiger partial charge in [-0.05, 0) is 36.6 Å². The Balaban J connectivity index is 2.13. The highest BCUT2D eigenvalue weighted by atomic mass is 35.5. The monoisotopic (exact) mass is 229 g/mol. The van der Waals surface area contributed by atoms with E-state index in [4.69, 9.17) is 21.1 Å². The summed E-state index contributed by atoms with van der Waals surface area (Å²) >= 11 is 5.59. The van der Waals surface area contributed by atoms with E-state index in [-0.39, 0.29) is 29.5 Å². The number of carbonyl (C=O) groups excluding carboxylic acids is 1. The standard InChI is InChI=1S/C10H12ClNO3/c11-9-4-3-8(15-9)10(14)12-5-1-2-7(12)6-13/h3-4,7,13H,1-2,5-6H2. The first-order valence-corrected chi connectivity index (χ1v) is 5.27. The van der Waals surface area contributed by atoms with Crippen LogP contribution < -0.4 is 0 Å². The average Bonchev–Trinajstić information content (AvgIpc) is 2.84. The van der Waals surface area contributed by atoms with Gasteiger partial charge in [-0.15, -0.1) is 0 Å². The van der Waals surface area contributed by atoms with Gasteiger partial charge in [0, 0.05) is 6.54 Å². The predicted molar refractivity (Wildman–Crippen MR) is 54.9 cm³/mol. The van der Waals surface area contributed by atoms with Crippen molar-refractivity contribution >= 4 is 17.5 Å². The molecule has 1 amide bonds. The van der Waals surface area contributed by atoms with Gasteiger partial charge in [0.15, 0.2) is 11.0 Å². The summed E-state index contributed by atoms with van der Waals surface area (Å²) < 4.78 is 5.04. The van der Waals surface area contributed by atoms with Gasteiger partial charge in [0.05, 0.1) is 12.6 Å². The fourth-order valence-electron chi connectivity index (χ4n) is 1.86. The van der Waals surface area contributed by atoms with Gasteiger partial charge in [0.2, 0.25) is 0 Å². The maximum Gasteiger partial charge on any atom is 0.289 e. The van der Waals surface area contributed by atoms with Crippen molar-refractivity contribution in [1.29, 1.82) is 0 Å². The zero-order valence-electron chi connectivity index (χ0n) is 8.15. The molecule has 0 bridgehead atoms. The predicted octanol–water partition coefficient (Wildman–Crippen LogP) is 1.53. The Morgan fingerprint density at radius 1 is 1.67 bits per heavy atom. The Kier molecular flexibility index (Phi) is 2.98. The zero-order valence-corrected chi connectivity index (χ0v) is 8.91. The highest BCUT2D eigenvalue weighted by molar-refractivity contribution is 6.29. The van der Waals surface area contributed by atoms with Gasteiger partial charge >= 0.3 is 0 Å². The molecule has 2 rings (SSSR count). The number of rotatable bonds is 2. The van der Waals surface area contributed by atoms with E-state index >= 15 is 0 Å². The number of hydrogen-bond acceptors (Lipinski definition) is 3. The largest absolute Gasteiger partial charge is 0.440 e. The van der Waals surface area contributed by atoms with E-state index in [0.29, 0.717) is 6.54 Å². The maximum absolute atomic E-state index is 11.9. The molecule has 0 saturated carbocycles. The molecule has 0 radical (unpaired) electrons. The van der Waals surface area contributed by atoms with E-state index in [9.17, 15) is 4.79 Å². The van der Waals surface area contributed by atoms with Crippen LogP contribution in [-0.4, -0.2) is 35.1 Å². The van der Waals surface area contributed by atoms with Crippen LogP contribution in [0.25, 0.3) is 0 Å². The smallest absolute Gasteiger partial charge is 0.289 e. The number of carbonyl (C=O) groups is 1.